The minimum Gasteiger partial charge on any atom is -0.339 e. The zero-order valence-corrected chi connectivity index (χ0v) is 12.1. The molecule has 104 valence electrons. The number of nitrogens with zero attached hydrogens (tertiary/aromatic N) is 1. The first kappa shape index (κ1) is 13.8. The van der Waals surface area contributed by atoms with Gasteiger partial charge in [-0.05, 0) is 31.1 Å². The van der Waals surface area contributed by atoms with Crippen LogP contribution in [0.15, 0.2) is 0 Å². The van der Waals surface area contributed by atoms with Gasteiger partial charge in [0.2, 0.25) is 5.91 Å². The lowest BCUT2D eigenvalue weighted by atomic mass is 10.0. The Balaban J connectivity index is 1.89. The van der Waals surface area contributed by atoms with Crippen LogP contribution in [0.4, 0.5) is 0 Å². The smallest absolute Gasteiger partial charge is 0.223 e. The molecule has 1 amide bonds. The molecule has 2 rings (SSSR count). The summed E-state index contributed by atoms with van der Waals surface area (Å²) < 4.78 is 22.8. The van der Waals surface area contributed by atoms with Crippen LogP contribution >= 0.6 is 0 Å². The summed E-state index contributed by atoms with van der Waals surface area (Å²) in [7, 11) is -2.87. The molecule has 1 saturated heterocycles. The average molecular weight is 273 g/mol. The van der Waals surface area contributed by atoms with Crippen LogP contribution in [0.2, 0.25) is 0 Å². The molecule has 1 aliphatic heterocycles. The molecule has 1 aliphatic carbocycles. The molecule has 4 nitrogen and oxygen atoms in total. The van der Waals surface area contributed by atoms with E-state index in [0.717, 1.165) is 19.4 Å². The number of amides is 1. The number of sulfone groups is 1. The quantitative estimate of drug-likeness (QED) is 0.762. The fourth-order valence-electron chi connectivity index (χ4n) is 2.63. The van der Waals surface area contributed by atoms with Crippen molar-refractivity contribution < 1.29 is 13.2 Å². The molecule has 0 aromatic rings. The van der Waals surface area contributed by atoms with Gasteiger partial charge in [-0.15, -0.1) is 0 Å². The molecule has 0 spiro atoms. The second-order valence-corrected chi connectivity index (χ2v) is 8.37. The standard InChI is InChI=1S/C13H23NO3S/c1-10(2)8-14(12-3-4-12)13(15)7-11-5-6-18(16,17)9-11/h10-12H,3-9H2,1-2H3/t11-/m0/s1. The molecule has 18 heavy (non-hydrogen) atoms. The fourth-order valence-corrected chi connectivity index (χ4v) is 4.49. The lowest BCUT2D eigenvalue weighted by Crippen LogP contribution is -2.37. The van der Waals surface area contributed by atoms with Crippen LogP contribution in [0, 0.1) is 11.8 Å². The fraction of sp³-hybridized carbons (Fsp3) is 0.923. The van der Waals surface area contributed by atoms with E-state index < -0.39 is 9.84 Å². The van der Waals surface area contributed by atoms with Gasteiger partial charge in [-0.3, -0.25) is 4.79 Å². The topological polar surface area (TPSA) is 54.5 Å². The lowest BCUT2D eigenvalue weighted by Gasteiger charge is -2.25. The van der Waals surface area contributed by atoms with Crippen LogP contribution in [0.3, 0.4) is 0 Å². The summed E-state index contributed by atoms with van der Waals surface area (Å²) >= 11 is 0. The molecule has 0 N–H and O–H groups in total. The van der Waals surface area contributed by atoms with Crippen molar-refractivity contribution in [3.8, 4) is 0 Å². The van der Waals surface area contributed by atoms with E-state index in [9.17, 15) is 13.2 Å². The van der Waals surface area contributed by atoms with Crippen molar-refractivity contribution in [1.82, 2.24) is 4.90 Å². The van der Waals surface area contributed by atoms with Crippen LogP contribution in [-0.2, 0) is 14.6 Å². The highest BCUT2D eigenvalue weighted by atomic mass is 32.2. The highest BCUT2D eigenvalue weighted by Gasteiger charge is 2.36. The van der Waals surface area contributed by atoms with Crippen LogP contribution < -0.4 is 0 Å². The Morgan fingerprint density at radius 3 is 2.39 bits per heavy atom. The van der Waals surface area contributed by atoms with Gasteiger partial charge in [0.25, 0.3) is 0 Å². The lowest BCUT2D eigenvalue weighted by molar-refractivity contribution is -0.133. The minimum atomic E-state index is -2.87. The van der Waals surface area contributed by atoms with Crippen LogP contribution in [-0.4, -0.2) is 43.3 Å². The summed E-state index contributed by atoms with van der Waals surface area (Å²) in [5.41, 5.74) is 0. The molecule has 2 aliphatic rings. The zero-order valence-electron chi connectivity index (χ0n) is 11.3. The Morgan fingerprint density at radius 1 is 1.28 bits per heavy atom. The number of hydrogen-bond acceptors (Lipinski definition) is 3. The molecule has 0 aromatic heterocycles. The van der Waals surface area contributed by atoms with E-state index in [2.05, 4.69) is 13.8 Å². The van der Waals surface area contributed by atoms with Gasteiger partial charge >= 0.3 is 0 Å². The first-order valence-corrected chi connectivity index (χ1v) is 8.69. The Hall–Kier alpha value is -0.580. The van der Waals surface area contributed by atoms with Crippen molar-refractivity contribution in [2.45, 2.75) is 45.6 Å². The number of rotatable bonds is 5. The third-order valence-electron chi connectivity index (χ3n) is 3.66. The van der Waals surface area contributed by atoms with Crippen molar-refractivity contribution in [2.75, 3.05) is 18.1 Å². The van der Waals surface area contributed by atoms with Gasteiger partial charge in [0, 0.05) is 19.0 Å². The minimum absolute atomic E-state index is 0.0518. The summed E-state index contributed by atoms with van der Waals surface area (Å²) in [6, 6.07) is 0.429. The van der Waals surface area contributed by atoms with Crippen molar-refractivity contribution in [1.29, 1.82) is 0 Å². The number of carbonyl (C=O) groups is 1. The molecule has 1 heterocycles. The van der Waals surface area contributed by atoms with Gasteiger partial charge in [-0.2, -0.15) is 0 Å². The van der Waals surface area contributed by atoms with E-state index in [-0.39, 0.29) is 23.3 Å². The first-order valence-electron chi connectivity index (χ1n) is 6.87. The predicted molar refractivity (Wildman–Crippen MR) is 71.0 cm³/mol. The molecule has 1 atom stereocenters. The SMILES string of the molecule is CC(C)CN(C(=O)C[C@@H]1CCS(=O)(=O)C1)C1CC1. The van der Waals surface area contributed by atoms with Gasteiger partial charge in [0.15, 0.2) is 9.84 Å². The van der Waals surface area contributed by atoms with Gasteiger partial charge < -0.3 is 4.90 Å². The van der Waals surface area contributed by atoms with Crippen molar-refractivity contribution in [3.05, 3.63) is 0 Å². The van der Waals surface area contributed by atoms with Crippen LogP contribution in [0.1, 0.15) is 39.5 Å². The second kappa shape index (κ2) is 5.19. The van der Waals surface area contributed by atoms with E-state index in [1.165, 1.54) is 0 Å². The molecule has 5 heteroatoms. The summed E-state index contributed by atoms with van der Waals surface area (Å²) in [5, 5.41) is 0. The summed E-state index contributed by atoms with van der Waals surface area (Å²) in [6.45, 7) is 5.04. The number of carbonyl (C=O) groups excluding carboxylic acids is 1. The van der Waals surface area contributed by atoms with E-state index in [1.807, 2.05) is 4.90 Å². The molecule has 0 aromatic carbocycles. The molecule has 1 saturated carbocycles. The van der Waals surface area contributed by atoms with Crippen molar-refractivity contribution in [2.24, 2.45) is 11.8 Å². The molecule has 2 fully saturated rings. The molecule has 0 bridgehead atoms. The van der Waals surface area contributed by atoms with Gasteiger partial charge in [-0.25, -0.2) is 8.42 Å². The van der Waals surface area contributed by atoms with Gasteiger partial charge in [0.05, 0.1) is 11.5 Å². The van der Waals surface area contributed by atoms with E-state index in [4.69, 9.17) is 0 Å². The monoisotopic (exact) mass is 273 g/mol. The second-order valence-electron chi connectivity index (χ2n) is 6.14. The van der Waals surface area contributed by atoms with Crippen molar-refractivity contribution in [3.63, 3.8) is 0 Å². The Bertz CT molecular complexity index is 412. The highest BCUT2D eigenvalue weighted by Crippen LogP contribution is 2.30. The third-order valence-corrected chi connectivity index (χ3v) is 5.50. The highest BCUT2D eigenvalue weighted by molar-refractivity contribution is 7.91. The molecular weight excluding hydrogens is 250 g/mol. The molecule has 0 unspecified atom stereocenters. The summed E-state index contributed by atoms with van der Waals surface area (Å²) in [5.74, 6) is 1.16. The zero-order chi connectivity index (χ0) is 13.3. The Morgan fingerprint density at radius 2 is 1.94 bits per heavy atom. The van der Waals surface area contributed by atoms with E-state index >= 15 is 0 Å². The normalized spacial score (nSPS) is 26.5. The maximum atomic E-state index is 12.3. The molecular formula is C13H23NO3S. The van der Waals surface area contributed by atoms with E-state index in [1.54, 1.807) is 0 Å². The van der Waals surface area contributed by atoms with E-state index in [0.29, 0.717) is 24.8 Å². The Kier molecular flexibility index (Phi) is 3.99. The van der Waals surface area contributed by atoms with Crippen LogP contribution in [0.5, 0.6) is 0 Å². The average Bonchev–Trinajstić information content (AvgIpc) is 3.01. The summed E-state index contributed by atoms with van der Waals surface area (Å²) in [6.07, 6.45) is 3.31. The van der Waals surface area contributed by atoms with Crippen LogP contribution in [0.25, 0.3) is 0 Å². The third kappa shape index (κ3) is 3.70. The number of hydrogen-bond donors (Lipinski definition) is 0. The summed E-state index contributed by atoms with van der Waals surface area (Å²) in [4.78, 5) is 14.2. The van der Waals surface area contributed by atoms with Gasteiger partial charge in [-0.1, -0.05) is 13.8 Å². The molecule has 0 radical (unpaired) electrons. The predicted octanol–water partition coefficient (Wildman–Crippen LogP) is 1.46. The Labute approximate surface area is 110 Å². The maximum absolute atomic E-state index is 12.3. The first-order chi connectivity index (χ1) is 8.37. The van der Waals surface area contributed by atoms with Gasteiger partial charge in [0.1, 0.15) is 0 Å². The van der Waals surface area contributed by atoms with Crippen molar-refractivity contribution >= 4 is 15.7 Å². The largest absolute Gasteiger partial charge is 0.339 e. The maximum Gasteiger partial charge on any atom is 0.223 e.